The second-order valence-electron chi connectivity index (χ2n) is 9.55. The van der Waals surface area contributed by atoms with Gasteiger partial charge in [-0.25, -0.2) is 9.97 Å². The molecule has 2 aliphatic carbocycles. The molecule has 1 saturated heterocycles. The van der Waals surface area contributed by atoms with Gasteiger partial charge in [0.25, 0.3) is 5.91 Å². The molecule has 1 N–H and O–H groups in total. The number of anilines is 1. The number of aryl methyl sites for hydroxylation is 1. The molecule has 1 saturated carbocycles. The molecule has 0 bridgehead atoms. The Balaban J connectivity index is 1.14. The molecule has 3 aliphatic rings. The van der Waals surface area contributed by atoms with Crippen LogP contribution in [0.4, 0.5) is 5.82 Å². The summed E-state index contributed by atoms with van der Waals surface area (Å²) in [6.45, 7) is 3.22. The zero-order valence-electron chi connectivity index (χ0n) is 19.1. The van der Waals surface area contributed by atoms with Gasteiger partial charge in [-0.05, 0) is 42.7 Å². The minimum atomic E-state index is -0.122. The van der Waals surface area contributed by atoms with Crippen molar-refractivity contribution < 1.29 is 9.53 Å². The van der Waals surface area contributed by atoms with E-state index in [0.717, 1.165) is 60.5 Å². The smallest absolute Gasteiger partial charge is 0.255 e. The second kappa shape index (κ2) is 7.98. The molecule has 0 spiro atoms. The Kier molecular flexibility index (Phi) is 4.94. The van der Waals surface area contributed by atoms with Crippen molar-refractivity contribution in [2.75, 3.05) is 25.1 Å². The summed E-state index contributed by atoms with van der Waals surface area (Å²) in [4.78, 5) is 24.6. The summed E-state index contributed by atoms with van der Waals surface area (Å²) in [6, 6.07) is 4.17. The van der Waals surface area contributed by atoms with Crippen LogP contribution in [0.15, 0.2) is 30.9 Å². The van der Waals surface area contributed by atoms with Crippen LogP contribution in [0.2, 0.25) is 0 Å². The van der Waals surface area contributed by atoms with Gasteiger partial charge in [0.2, 0.25) is 0 Å². The third kappa shape index (κ3) is 3.80. The summed E-state index contributed by atoms with van der Waals surface area (Å²) < 4.78 is 9.24. The number of methoxy groups -OCH3 is 1. The molecule has 0 radical (unpaired) electrons. The standard InChI is InChI=1S/C24H29N7O2/c1-29-14-25-23-19(4-5-21(23)29)28-24(32)18-8-26-31(12-18)11-15-3-6-22(27-20(15)13-33-2)30-9-16-7-17(16)10-30/h3,6,8,12,14,16-17,19H,4-5,7,9-11,13H2,1-2H3,(H,28,32)/t16?,17?,19-/m1/s1. The van der Waals surface area contributed by atoms with Gasteiger partial charge in [0.05, 0.1) is 48.7 Å². The van der Waals surface area contributed by atoms with Crippen LogP contribution in [-0.2, 0) is 31.4 Å². The maximum Gasteiger partial charge on any atom is 0.255 e. The number of hydrogen-bond acceptors (Lipinski definition) is 6. The van der Waals surface area contributed by atoms with Crippen LogP contribution in [0.5, 0.6) is 0 Å². The molecule has 9 heteroatoms. The Labute approximate surface area is 192 Å². The molecule has 2 unspecified atom stereocenters. The van der Waals surface area contributed by atoms with Gasteiger partial charge in [0.1, 0.15) is 5.82 Å². The number of piperidine rings is 1. The van der Waals surface area contributed by atoms with Crippen molar-refractivity contribution in [1.29, 1.82) is 0 Å². The van der Waals surface area contributed by atoms with E-state index in [0.29, 0.717) is 18.7 Å². The molecule has 2 fully saturated rings. The molecule has 6 rings (SSSR count). The maximum atomic E-state index is 12.8. The van der Waals surface area contributed by atoms with E-state index in [9.17, 15) is 4.79 Å². The topological polar surface area (TPSA) is 90.1 Å². The van der Waals surface area contributed by atoms with E-state index in [4.69, 9.17) is 9.72 Å². The molecule has 0 aromatic carbocycles. The number of carbonyl (C=O) groups excluding carboxylic acids is 1. The van der Waals surface area contributed by atoms with E-state index in [2.05, 4.69) is 32.4 Å². The third-order valence-electron chi connectivity index (χ3n) is 7.26. The first kappa shape index (κ1) is 20.4. The number of imidazole rings is 1. The lowest BCUT2D eigenvalue weighted by molar-refractivity contribution is 0.0936. The van der Waals surface area contributed by atoms with Crippen molar-refractivity contribution in [3.8, 4) is 0 Å². The Morgan fingerprint density at radius 3 is 2.94 bits per heavy atom. The molecule has 3 atom stereocenters. The van der Waals surface area contributed by atoms with Crippen molar-refractivity contribution >= 4 is 11.7 Å². The molecule has 3 aromatic heterocycles. The van der Waals surface area contributed by atoms with Crippen LogP contribution in [0, 0.1) is 11.8 Å². The minimum Gasteiger partial charge on any atom is -0.378 e. The normalized spacial score (nSPS) is 23.0. The van der Waals surface area contributed by atoms with Crippen molar-refractivity contribution in [1.82, 2.24) is 29.6 Å². The SMILES string of the molecule is COCc1nc(N2CC3CC3C2)ccc1Cn1cc(C(=O)N[C@@H]2CCc3c2ncn3C)cn1. The number of rotatable bonds is 7. The summed E-state index contributed by atoms with van der Waals surface area (Å²) in [5, 5.41) is 7.54. The largest absolute Gasteiger partial charge is 0.378 e. The molecular formula is C24H29N7O2. The van der Waals surface area contributed by atoms with Gasteiger partial charge < -0.3 is 19.5 Å². The first-order valence-electron chi connectivity index (χ1n) is 11.6. The summed E-state index contributed by atoms with van der Waals surface area (Å²) >= 11 is 0. The molecule has 33 heavy (non-hydrogen) atoms. The summed E-state index contributed by atoms with van der Waals surface area (Å²) in [5.41, 5.74) is 4.70. The number of fused-ring (bicyclic) bond motifs is 2. The minimum absolute atomic E-state index is 0.0428. The lowest BCUT2D eigenvalue weighted by Crippen LogP contribution is -2.27. The monoisotopic (exact) mass is 447 g/mol. The predicted molar refractivity (Wildman–Crippen MR) is 122 cm³/mol. The van der Waals surface area contributed by atoms with Crippen LogP contribution in [0.1, 0.15) is 51.9 Å². The number of ether oxygens (including phenoxy) is 1. The van der Waals surface area contributed by atoms with Crippen LogP contribution in [0.25, 0.3) is 0 Å². The average Bonchev–Trinajstić information content (AvgIpc) is 3.28. The summed E-state index contributed by atoms with van der Waals surface area (Å²) in [7, 11) is 3.68. The first-order valence-corrected chi connectivity index (χ1v) is 11.6. The Hall–Kier alpha value is -3.20. The number of aromatic nitrogens is 5. The van der Waals surface area contributed by atoms with Gasteiger partial charge in [-0.2, -0.15) is 5.10 Å². The van der Waals surface area contributed by atoms with Crippen molar-refractivity contribution in [2.24, 2.45) is 18.9 Å². The maximum absolute atomic E-state index is 12.8. The van der Waals surface area contributed by atoms with Gasteiger partial charge in [0, 0.05) is 39.1 Å². The third-order valence-corrected chi connectivity index (χ3v) is 7.26. The molecule has 3 aromatic rings. The quantitative estimate of drug-likeness (QED) is 0.597. The predicted octanol–water partition coefficient (Wildman–Crippen LogP) is 2.08. The number of amides is 1. The van der Waals surface area contributed by atoms with E-state index < -0.39 is 0 Å². The zero-order chi connectivity index (χ0) is 22.5. The lowest BCUT2D eigenvalue weighted by Gasteiger charge is -2.20. The fourth-order valence-electron chi connectivity index (χ4n) is 5.30. The lowest BCUT2D eigenvalue weighted by atomic mass is 10.2. The van der Waals surface area contributed by atoms with Crippen LogP contribution < -0.4 is 10.2 Å². The van der Waals surface area contributed by atoms with Crippen molar-refractivity contribution in [2.45, 2.75) is 38.5 Å². The van der Waals surface area contributed by atoms with Gasteiger partial charge in [-0.15, -0.1) is 0 Å². The van der Waals surface area contributed by atoms with E-state index in [1.54, 1.807) is 24.2 Å². The van der Waals surface area contributed by atoms with Gasteiger partial charge in [-0.3, -0.25) is 9.48 Å². The second-order valence-corrected chi connectivity index (χ2v) is 9.55. The fourth-order valence-corrected chi connectivity index (χ4v) is 5.30. The number of pyridine rings is 1. The van der Waals surface area contributed by atoms with E-state index in [1.807, 2.05) is 17.9 Å². The van der Waals surface area contributed by atoms with Crippen LogP contribution in [-0.4, -0.2) is 50.4 Å². The molecule has 172 valence electrons. The number of carbonyl (C=O) groups is 1. The molecule has 9 nitrogen and oxygen atoms in total. The molecule has 1 aliphatic heterocycles. The number of nitrogens with zero attached hydrogens (tertiary/aromatic N) is 6. The van der Waals surface area contributed by atoms with Gasteiger partial charge in [0.15, 0.2) is 0 Å². The summed E-state index contributed by atoms with van der Waals surface area (Å²) in [6.07, 6.45) is 8.41. The van der Waals surface area contributed by atoms with E-state index >= 15 is 0 Å². The fraction of sp³-hybridized carbons (Fsp3) is 0.500. The van der Waals surface area contributed by atoms with E-state index in [1.165, 1.54) is 12.1 Å². The van der Waals surface area contributed by atoms with Crippen molar-refractivity contribution in [3.63, 3.8) is 0 Å². The highest BCUT2D eigenvalue weighted by Crippen LogP contribution is 2.46. The van der Waals surface area contributed by atoms with E-state index in [-0.39, 0.29) is 11.9 Å². The number of nitrogens with one attached hydrogen (secondary N) is 1. The van der Waals surface area contributed by atoms with Gasteiger partial charge in [-0.1, -0.05) is 6.07 Å². The van der Waals surface area contributed by atoms with Crippen LogP contribution >= 0.6 is 0 Å². The van der Waals surface area contributed by atoms with Crippen molar-refractivity contribution in [3.05, 3.63) is 59.1 Å². The molecular weight excluding hydrogens is 418 g/mol. The molecule has 4 heterocycles. The Morgan fingerprint density at radius 2 is 2.12 bits per heavy atom. The Morgan fingerprint density at radius 1 is 1.27 bits per heavy atom. The highest BCUT2D eigenvalue weighted by molar-refractivity contribution is 5.94. The number of hydrogen-bond donors (Lipinski definition) is 1. The average molecular weight is 448 g/mol. The summed E-state index contributed by atoms with van der Waals surface area (Å²) in [5.74, 6) is 2.63. The Bertz CT molecular complexity index is 1190. The zero-order valence-corrected chi connectivity index (χ0v) is 19.1. The highest BCUT2D eigenvalue weighted by Gasteiger charge is 2.45. The van der Waals surface area contributed by atoms with Gasteiger partial charge >= 0.3 is 0 Å². The first-order chi connectivity index (χ1) is 16.1. The highest BCUT2D eigenvalue weighted by atomic mass is 16.5. The molecule has 1 amide bonds. The van der Waals surface area contributed by atoms with Crippen LogP contribution in [0.3, 0.4) is 0 Å².